The van der Waals surface area contributed by atoms with Crippen LogP contribution in [-0.4, -0.2) is 30.0 Å². The number of nitrogens with zero attached hydrogens (tertiary/aromatic N) is 2. The number of thiophene rings is 1. The maximum atomic E-state index is 13.4. The molecule has 3 heterocycles. The van der Waals surface area contributed by atoms with Gasteiger partial charge in [-0.2, -0.15) is 0 Å². The number of fused-ring (bicyclic) bond motifs is 2. The van der Waals surface area contributed by atoms with Crippen molar-refractivity contribution in [3.8, 4) is 22.6 Å². The summed E-state index contributed by atoms with van der Waals surface area (Å²) in [5.41, 5.74) is 12.0. The Balaban J connectivity index is 1.70. The second-order valence-corrected chi connectivity index (χ2v) is 8.43. The maximum absolute atomic E-state index is 13.4. The molecule has 0 radical (unpaired) electrons. The van der Waals surface area contributed by atoms with E-state index in [0.717, 1.165) is 46.3 Å². The first-order valence-corrected chi connectivity index (χ1v) is 10.8. The van der Waals surface area contributed by atoms with Gasteiger partial charge in [-0.1, -0.05) is 6.07 Å². The second kappa shape index (κ2) is 7.67. The number of hydrogen-bond acceptors (Lipinski definition) is 7. The molecule has 1 aliphatic rings. The fourth-order valence-electron chi connectivity index (χ4n) is 4.25. The highest BCUT2D eigenvalue weighted by Gasteiger charge is 2.27. The van der Waals surface area contributed by atoms with Gasteiger partial charge in [0.05, 0.1) is 19.9 Å². The van der Waals surface area contributed by atoms with Gasteiger partial charge in [0.2, 0.25) is 5.78 Å². The van der Waals surface area contributed by atoms with Gasteiger partial charge >= 0.3 is 0 Å². The van der Waals surface area contributed by atoms with E-state index in [-0.39, 0.29) is 5.78 Å². The second-order valence-electron chi connectivity index (χ2n) is 7.43. The Hall–Kier alpha value is -3.45. The number of ether oxygens (including phenoxy) is 2. The van der Waals surface area contributed by atoms with Crippen molar-refractivity contribution in [1.82, 2.24) is 9.97 Å². The lowest BCUT2D eigenvalue weighted by atomic mass is 9.96. The molecule has 0 spiro atoms. The van der Waals surface area contributed by atoms with Gasteiger partial charge in [-0.05, 0) is 49.1 Å². The van der Waals surface area contributed by atoms with E-state index in [1.54, 1.807) is 38.6 Å². The summed E-state index contributed by atoms with van der Waals surface area (Å²) in [6.07, 6.45) is 6.57. The van der Waals surface area contributed by atoms with E-state index in [0.29, 0.717) is 27.6 Å². The minimum atomic E-state index is -0.154. The Bertz CT molecular complexity index is 1320. The number of benzene rings is 1. The minimum absolute atomic E-state index is 0.154. The van der Waals surface area contributed by atoms with Gasteiger partial charge in [0.25, 0.3) is 0 Å². The Morgan fingerprint density at radius 3 is 2.71 bits per heavy atom. The summed E-state index contributed by atoms with van der Waals surface area (Å²) >= 11 is 1.35. The van der Waals surface area contributed by atoms with Crippen LogP contribution >= 0.6 is 11.3 Å². The molecule has 0 unspecified atom stereocenters. The predicted octanol–water partition coefficient (Wildman–Crippen LogP) is 4.68. The number of anilines is 1. The van der Waals surface area contributed by atoms with Gasteiger partial charge in [0, 0.05) is 40.2 Å². The van der Waals surface area contributed by atoms with Crippen LogP contribution in [0.2, 0.25) is 0 Å². The Labute approximate surface area is 183 Å². The average molecular weight is 432 g/mol. The number of nitrogens with two attached hydrogens (primary N) is 1. The highest BCUT2D eigenvalue weighted by molar-refractivity contribution is 7.21. The Morgan fingerprint density at radius 1 is 1.13 bits per heavy atom. The molecule has 0 bridgehead atoms. The monoisotopic (exact) mass is 431 g/mol. The molecule has 0 saturated heterocycles. The molecule has 7 heteroatoms. The molecule has 6 nitrogen and oxygen atoms in total. The van der Waals surface area contributed by atoms with Gasteiger partial charge in [-0.15, -0.1) is 11.3 Å². The number of pyridine rings is 2. The largest absolute Gasteiger partial charge is 0.493 e. The van der Waals surface area contributed by atoms with E-state index >= 15 is 0 Å². The first-order chi connectivity index (χ1) is 15.1. The highest BCUT2D eigenvalue weighted by atomic mass is 32.1. The zero-order valence-electron chi connectivity index (χ0n) is 17.3. The van der Waals surface area contributed by atoms with Crippen LogP contribution in [0.5, 0.6) is 11.5 Å². The molecule has 0 atom stereocenters. The first kappa shape index (κ1) is 19.5. The molecule has 31 heavy (non-hydrogen) atoms. The summed E-state index contributed by atoms with van der Waals surface area (Å²) in [6, 6.07) is 9.08. The van der Waals surface area contributed by atoms with Gasteiger partial charge in [0.1, 0.15) is 9.71 Å². The Kier molecular flexibility index (Phi) is 4.82. The van der Waals surface area contributed by atoms with E-state index in [1.807, 2.05) is 18.3 Å². The fourth-order valence-corrected chi connectivity index (χ4v) is 5.34. The zero-order valence-corrected chi connectivity index (χ0v) is 18.1. The first-order valence-electron chi connectivity index (χ1n) is 10.0. The van der Waals surface area contributed by atoms with Crippen molar-refractivity contribution < 1.29 is 14.3 Å². The SMILES string of the molecule is COc1ccc(C(=O)c2sc3nc4c(c(-c5cccnc5)c3c2N)CCC4)cc1OC. The smallest absolute Gasteiger partial charge is 0.205 e. The number of aromatic nitrogens is 2. The number of rotatable bonds is 5. The third-order valence-corrected chi connectivity index (χ3v) is 6.80. The summed E-state index contributed by atoms with van der Waals surface area (Å²) in [4.78, 5) is 23.9. The minimum Gasteiger partial charge on any atom is -0.493 e. The number of nitrogen functional groups attached to an aromatic ring is 1. The van der Waals surface area contributed by atoms with Crippen molar-refractivity contribution in [1.29, 1.82) is 0 Å². The number of carbonyl (C=O) groups excluding carboxylic acids is 1. The van der Waals surface area contributed by atoms with E-state index in [2.05, 4.69) is 4.98 Å². The van der Waals surface area contributed by atoms with E-state index in [1.165, 1.54) is 16.9 Å². The third kappa shape index (κ3) is 3.13. The fraction of sp³-hybridized carbons (Fsp3) is 0.208. The highest BCUT2D eigenvalue weighted by Crippen LogP contribution is 2.44. The molecule has 5 rings (SSSR count). The molecule has 1 aliphatic carbocycles. The van der Waals surface area contributed by atoms with Crippen molar-refractivity contribution in [3.63, 3.8) is 0 Å². The molecule has 156 valence electrons. The van der Waals surface area contributed by atoms with Crippen LogP contribution in [0.1, 0.15) is 32.9 Å². The average Bonchev–Trinajstić information content (AvgIpc) is 3.41. The zero-order chi connectivity index (χ0) is 21.5. The van der Waals surface area contributed by atoms with Gasteiger partial charge < -0.3 is 15.2 Å². The normalized spacial score (nSPS) is 12.7. The van der Waals surface area contributed by atoms with Crippen LogP contribution in [0.25, 0.3) is 21.3 Å². The van der Waals surface area contributed by atoms with E-state index in [4.69, 9.17) is 20.2 Å². The lowest BCUT2D eigenvalue weighted by molar-refractivity contribution is 0.104. The summed E-state index contributed by atoms with van der Waals surface area (Å²) < 4.78 is 10.6. The van der Waals surface area contributed by atoms with Crippen LogP contribution in [-0.2, 0) is 12.8 Å². The lowest BCUT2D eigenvalue weighted by Gasteiger charge is -2.11. The summed E-state index contributed by atoms with van der Waals surface area (Å²) in [5.74, 6) is 0.917. The topological polar surface area (TPSA) is 87.3 Å². The number of ketones is 1. The molecule has 4 aromatic rings. The van der Waals surface area contributed by atoms with Crippen molar-refractivity contribution in [2.45, 2.75) is 19.3 Å². The van der Waals surface area contributed by atoms with Gasteiger partial charge in [-0.25, -0.2) is 4.98 Å². The standard InChI is InChI=1S/C24H21N3O3S/c1-29-17-9-8-13(11-18(17)30-2)22(28)23-21(25)20-19(14-5-4-10-26-12-14)15-6-3-7-16(15)27-24(20)31-23/h4-5,8-12H,3,6-7,25H2,1-2H3. The van der Waals surface area contributed by atoms with Crippen molar-refractivity contribution >= 4 is 33.0 Å². The molecule has 1 aromatic carbocycles. The number of carbonyl (C=O) groups is 1. The summed E-state index contributed by atoms with van der Waals surface area (Å²) in [6.45, 7) is 0. The molecular weight excluding hydrogens is 410 g/mol. The van der Waals surface area contributed by atoms with Crippen molar-refractivity contribution in [3.05, 3.63) is 64.4 Å². The van der Waals surface area contributed by atoms with Crippen LogP contribution in [0.4, 0.5) is 5.69 Å². The quantitative estimate of drug-likeness (QED) is 0.462. The van der Waals surface area contributed by atoms with Crippen LogP contribution < -0.4 is 15.2 Å². The molecule has 0 fully saturated rings. The Morgan fingerprint density at radius 2 is 1.97 bits per heavy atom. The number of methoxy groups -OCH3 is 2. The molecule has 0 saturated carbocycles. The molecule has 0 aliphatic heterocycles. The van der Waals surface area contributed by atoms with E-state index in [9.17, 15) is 4.79 Å². The summed E-state index contributed by atoms with van der Waals surface area (Å²) in [7, 11) is 3.11. The van der Waals surface area contributed by atoms with Crippen LogP contribution in [0, 0.1) is 0 Å². The molecular formula is C24H21N3O3S. The molecule has 3 aromatic heterocycles. The van der Waals surface area contributed by atoms with Crippen molar-refractivity contribution in [2.24, 2.45) is 0 Å². The number of hydrogen-bond donors (Lipinski definition) is 1. The number of aryl methyl sites for hydroxylation is 1. The van der Waals surface area contributed by atoms with Crippen LogP contribution in [0.3, 0.4) is 0 Å². The van der Waals surface area contributed by atoms with E-state index < -0.39 is 0 Å². The maximum Gasteiger partial charge on any atom is 0.205 e. The molecule has 0 amide bonds. The van der Waals surface area contributed by atoms with Crippen molar-refractivity contribution in [2.75, 3.05) is 20.0 Å². The van der Waals surface area contributed by atoms with Crippen LogP contribution in [0.15, 0.2) is 42.7 Å². The lowest BCUT2D eigenvalue weighted by Crippen LogP contribution is -2.03. The third-order valence-electron chi connectivity index (χ3n) is 5.71. The predicted molar refractivity (Wildman–Crippen MR) is 122 cm³/mol. The molecule has 2 N–H and O–H groups in total. The van der Waals surface area contributed by atoms with Gasteiger partial charge in [-0.3, -0.25) is 9.78 Å². The summed E-state index contributed by atoms with van der Waals surface area (Å²) in [5, 5.41) is 0.850. The van der Waals surface area contributed by atoms with Gasteiger partial charge in [0.15, 0.2) is 11.5 Å².